The minimum absolute atomic E-state index is 0.0155. The first-order valence-electron chi connectivity index (χ1n) is 9.34. The van der Waals surface area contributed by atoms with Crippen molar-refractivity contribution in [2.24, 2.45) is 7.05 Å². The summed E-state index contributed by atoms with van der Waals surface area (Å²) in [6, 6.07) is 15.9. The summed E-state index contributed by atoms with van der Waals surface area (Å²) in [5.41, 5.74) is 2.33. The van der Waals surface area contributed by atoms with Gasteiger partial charge in [0.15, 0.2) is 16.8 Å². The molecule has 0 fully saturated rings. The largest absolute Gasteiger partial charge is 0.346 e. The van der Waals surface area contributed by atoms with E-state index in [1.165, 1.54) is 23.9 Å². The highest BCUT2D eigenvalue weighted by Crippen LogP contribution is 2.26. The van der Waals surface area contributed by atoms with Crippen LogP contribution in [0, 0.1) is 17.1 Å². The Morgan fingerprint density at radius 1 is 1.17 bits per heavy atom. The number of aromatic nitrogens is 4. The molecule has 8 heteroatoms. The Labute approximate surface area is 177 Å². The zero-order chi connectivity index (χ0) is 21.1. The number of fused-ring (bicyclic) bond motifs is 1. The second-order valence-electron chi connectivity index (χ2n) is 6.75. The predicted octanol–water partition coefficient (Wildman–Crippen LogP) is 4.46. The van der Waals surface area contributed by atoms with E-state index in [4.69, 9.17) is 5.26 Å². The van der Waals surface area contributed by atoms with E-state index in [1.807, 2.05) is 42.1 Å². The van der Waals surface area contributed by atoms with Crippen molar-refractivity contribution in [2.45, 2.75) is 18.1 Å². The van der Waals surface area contributed by atoms with E-state index in [1.54, 1.807) is 16.7 Å². The zero-order valence-electron chi connectivity index (χ0n) is 16.2. The topological polar surface area (TPSA) is 76.5 Å². The molecular formula is C22H18FN5OS. The third kappa shape index (κ3) is 3.84. The van der Waals surface area contributed by atoms with E-state index in [0.29, 0.717) is 29.5 Å². The van der Waals surface area contributed by atoms with Gasteiger partial charge >= 0.3 is 0 Å². The molecule has 6 nitrogen and oxygen atoms in total. The number of rotatable bonds is 7. The maximum atomic E-state index is 13.2. The standard InChI is InChI=1S/C22H18FN5OS/c1-27-21(15-7-9-16(23)10-8-15)25-26-22(27)30-14-20(29)18-13-28(12-4-11-24)19-6-3-2-5-17(18)19/h2-3,5-10,13H,4,12,14H2,1H3. The van der Waals surface area contributed by atoms with E-state index < -0.39 is 0 Å². The SMILES string of the molecule is Cn1c(SCC(=O)c2cn(CCC#N)c3ccccc23)nnc1-c1ccc(F)cc1. The smallest absolute Gasteiger partial charge is 0.191 e. The van der Waals surface area contributed by atoms with E-state index >= 15 is 0 Å². The molecule has 0 aliphatic heterocycles. The Hall–Kier alpha value is -3.44. The van der Waals surface area contributed by atoms with Crippen LogP contribution in [0.2, 0.25) is 0 Å². The van der Waals surface area contributed by atoms with Crippen LogP contribution >= 0.6 is 11.8 Å². The lowest BCUT2D eigenvalue weighted by molar-refractivity contribution is 0.102. The minimum Gasteiger partial charge on any atom is -0.346 e. The minimum atomic E-state index is -0.310. The van der Waals surface area contributed by atoms with Gasteiger partial charge in [0.05, 0.1) is 18.2 Å². The summed E-state index contributed by atoms with van der Waals surface area (Å²) in [7, 11) is 1.82. The highest BCUT2D eigenvalue weighted by Gasteiger charge is 2.17. The normalized spacial score (nSPS) is 11.0. The third-order valence-electron chi connectivity index (χ3n) is 4.82. The Morgan fingerprint density at radius 3 is 2.70 bits per heavy atom. The van der Waals surface area contributed by atoms with E-state index in [2.05, 4.69) is 16.3 Å². The summed E-state index contributed by atoms with van der Waals surface area (Å²) in [5, 5.41) is 18.7. The van der Waals surface area contributed by atoms with Crippen LogP contribution in [0.15, 0.2) is 59.9 Å². The Kier molecular flexibility index (Phi) is 5.63. The number of nitrogens with zero attached hydrogens (tertiary/aromatic N) is 5. The molecule has 0 amide bonds. The van der Waals surface area contributed by atoms with Gasteiger partial charge in [-0.05, 0) is 30.3 Å². The van der Waals surface area contributed by atoms with Crippen LogP contribution in [-0.2, 0) is 13.6 Å². The van der Waals surface area contributed by atoms with Crippen molar-refractivity contribution >= 4 is 28.4 Å². The van der Waals surface area contributed by atoms with Gasteiger partial charge < -0.3 is 9.13 Å². The Morgan fingerprint density at radius 2 is 1.93 bits per heavy atom. The molecule has 0 spiro atoms. The Balaban J connectivity index is 1.53. The van der Waals surface area contributed by atoms with Crippen LogP contribution < -0.4 is 0 Å². The van der Waals surface area contributed by atoms with Crippen LogP contribution in [0.1, 0.15) is 16.8 Å². The summed E-state index contributed by atoms with van der Waals surface area (Å²) in [4.78, 5) is 12.9. The van der Waals surface area contributed by atoms with Crippen molar-refractivity contribution in [3.63, 3.8) is 0 Å². The summed E-state index contributed by atoms with van der Waals surface area (Å²) in [5.74, 6) is 0.494. The molecule has 4 aromatic rings. The molecule has 0 radical (unpaired) electrons. The molecule has 2 aromatic heterocycles. The van der Waals surface area contributed by atoms with Crippen molar-refractivity contribution in [1.82, 2.24) is 19.3 Å². The zero-order valence-corrected chi connectivity index (χ0v) is 17.1. The highest BCUT2D eigenvalue weighted by atomic mass is 32.2. The van der Waals surface area contributed by atoms with Crippen LogP contribution in [-0.4, -0.2) is 30.9 Å². The van der Waals surface area contributed by atoms with Crippen LogP contribution in [0.3, 0.4) is 0 Å². The highest BCUT2D eigenvalue weighted by molar-refractivity contribution is 7.99. The number of halogens is 1. The van der Waals surface area contributed by atoms with Gasteiger partial charge in [-0.15, -0.1) is 10.2 Å². The first kappa shape index (κ1) is 19.9. The maximum Gasteiger partial charge on any atom is 0.191 e. The summed E-state index contributed by atoms with van der Waals surface area (Å²) < 4.78 is 16.9. The van der Waals surface area contributed by atoms with Crippen LogP contribution in [0.5, 0.6) is 0 Å². The van der Waals surface area contributed by atoms with Crippen LogP contribution in [0.4, 0.5) is 4.39 Å². The lowest BCUT2D eigenvalue weighted by atomic mass is 10.1. The fraction of sp³-hybridized carbons (Fsp3) is 0.182. The number of carbonyl (C=O) groups excluding carboxylic acids is 1. The molecule has 0 unspecified atom stereocenters. The van der Waals surface area contributed by atoms with Crippen molar-refractivity contribution < 1.29 is 9.18 Å². The molecular weight excluding hydrogens is 401 g/mol. The van der Waals surface area contributed by atoms with Gasteiger partial charge in [-0.2, -0.15) is 5.26 Å². The third-order valence-corrected chi connectivity index (χ3v) is 5.84. The number of Topliss-reactive ketones (excluding diaryl/α,β-unsaturated/α-hetero) is 1. The fourth-order valence-corrected chi connectivity index (χ4v) is 4.12. The summed E-state index contributed by atoms with van der Waals surface area (Å²) in [6.07, 6.45) is 2.21. The second kappa shape index (κ2) is 8.51. The first-order chi connectivity index (χ1) is 14.6. The molecule has 0 bridgehead atoms. The lowest BCUT2D eigenvalue weighted by Gasteiger charge is -2.04. The van der Waals surface area contributed by atoms with Gasteiger partial charge in [-0.25, -0.2) is 4.39 Å². The van der Waals surface area contributed by atoms with E-state index in [9.17, 15) is 9.18 Å². The molecule has 2 heterocycles. The second-order valence-corrected chi connectivity index (χ2v) is 7.69. The van der Waals surface area contributed by atoms with Gasteiger partial charge in [0, 0.05) is 41.8 Å². The molecule has 2 aromatic carbocycles. The molecule has 4 rings (SSSR count). The van der Waals surface area contributed by atoms with Gasteiger partial charge in [-0.3, -0.25) is 4.79 Å². The van der Waals surface area contributed by atoms with Gasteiger partial charge in [-0.1, -0.05) is 30.0 Å². The molecule has 30 heavy (non-hydrogen) atoms. The van der Waals surface area contributed by atoms with Crippen LogP contribution in [0.25, 0.3) is 22.3 Å². The number of hydrogen-bond donors (Lipinski definition) is 0. The monoisotopic (exact) mass is 419 g/mol. The number of thioether (sulfide) groups is 1. The molecule has 150 valence electrons. The van der Waals surface area contributed by atoms with Gasteiger partial charge in [0.1, 0.15) is 5.82 Å². The molecule has 0 saturated carbocycles. The van der Waals surface area contributed by atoms with Crippen molar-refractivity contribution in [3.8, 4) is 17.5 Å². The Bertz CT molecular complexity index is 1250. The lowest BCUT2D eigenvalue weighted by Crippen LogP contribution is -2.04. The molecule has 0 saturated heterocycles. The average Bonchev–Trinajstić information content (AvgIpc) is 3.32. The summed E-state index contributed by atoms with van der Waals surface area (Å²) in [6.45, 7) is 0.543. The molecule has 0 aliphatic carbocycles. The van der Waals surface area contributed by atoms with E-state index in [-0.39, 0.29) is 17.4 Å². The van der Waals surface area contributed by atoms with E-state index in [0.717, 1.165) is 16.5 Å². The van der Waals surface area contributed by atoms with Gasteiger partial charge in [0.2, 0.25) is 0 Å². The number of aryl methyl sites for hydroxylation is 1. The number of ketones is 1. The quantitative estimate of drug-likeness (QED) is 0.326. The number of para-hydroxylation sites is 1. The molecule has 0 aliphatic rings. The fourth-order valence-electron chi connectivity index (χ4n) is 3.32. The molecule has 0 N–H and O–H groups in total. The summed E-state index contributed by atoms with van der Waals surface area (Å²) >= 11 is 1.31. The molecule has 0 atom stereocenters. The first-order valence-corrected chi connectivity index (χ1v) is 10.3. The average molecular weight is 419 g/mol. The number of nitriles is 1. The van der Waals surface area contributed by atoms with Crippen molar-refractivity contribution in [3.05, 3.63) is 66.1 Å². The number of benzene rings is 2. The van der Waals surface area contributed by atoms with Gasteiger partial charge in [0.25, 0.3) is 0 Å². The van der Waals surface area contributed by atoms with Crippen molar-refractivity contribution in [2.75, 3.05) is 5.75 Å². The maximum absolute atomic E-state index is 13.2. The predicted molar refractivity (Wildman–Crippen MR) is 114 cm³/mol. The number of hydrogen-bond acceptors (Lipinski definition) is 5. The number of carbonyl (C=O) groups is 1. The van der Waals surface area contributed by atoms with Crippen molar-refractivity contribution in [1.29, 1.82) is 5.26 Å².